The van der Waals surface area contributed by atoms with Gasteiger partial charge >= 0.3 is 5.97 Å². The number of carboxylic acid groups (broad SMARTS) is 1. The lowest BCUT2D eigenvalue weighted by atomic mass is 10.2. The van der Waals surface area contributed by atoms with E-state index in [-0.39, 0.29) is 35.2 Å². The third-order valence-corrected chi connectivity index (χ3v) is 4.78. The lowest BCUT2D eigenvalue weighted by molar-refractivity contribution is -0.137. The number of benzene rings is 1. The van der Waals surface area contributed by atoms with E-state index in [9.17, 15) is 13.2 Å². The van der Waals surface area contributed by atoms with E-state index in [1.54, 1.807) is 24.3 Å². The Hall–Kier alpha value is -2.22. The average molecular weight is 324 g/mol. The Labute approximate surface area is 127 Å². The molecule has 1 heterocycles. The maximum atomic E-state index is 12.4. The topological polar surface area (TPSA) is 110 Å². The van der Waals surface area contributed by atoms with Crippen molar-refractivity contribution in [3.05, 3.63) is 41.5 Å². The summed E-state index contributed by atoms with van der Waals surface area (Å²) < 4.78 is 29.7. The molecule has 0 aliphatic heterocycles. The first-order valence-electron chi connectivity index (χ1n) is 6.76. The van der Waals surface area contributed by atoms with Gasteiger partial charge < -0.3 is 9.63 Å². The van der Waals surface area contributed by atoms with E-state index in [0.717, 1.165) is 5.56 Å². The zero-order valence-electron chi connectivity index (χ0n) is 12.0. The molecule has 0 aliphatic rings. The van der Waals surface area contributed by atoms with E-state index in [1.807, 2.05) is 6.92 Å². The zero-order chi connectivity index (χ0) is 16.2. The molecular formula is C14H16N2O5S. The number of nitrogens with zero attached hydrogens (tertiary/aromatic N) is 2. The molecule has 1 aromatic carbocycles. The summed E-state index contributed by atoms with van der Waals surface area (Å²) >= 11 is 0. The molecule has 0 saturated heterocycles. The number of rotatable bonds is 7. The standard InChI is InChI=1S/C14H16N2O5S/c1-2-10-5-3-4-6-11(10)22(19,20)9-12-15-13(21-16-12)7-8-14(17)18/h3-6H,2,7-9H2,1H3,(H,17,18). The molecule has 0 amide bonds. The maximum Gasteiger partial charge on any atom is 0.303 e. The van der Waals surface area contributed by atoms with Crippen LogP contribution in [0.1, 0.15) is 30.6 Å². The van der Waals surface area contributed by atoms with Gasteiger partial charge in [-0.3, -0.25) is 4.79 Å². The van der Waals surface area contributed by atoms with Crippen LogP contribution in [-0.4, -0.2) is 29.6 Å². The number of sulfone groups is 1. The highest BCUT2D eigenvalue weighted by molar-refractivity contribution is 7.90. The SMILES string of the molecule is CCc1ccccc1S(=O)(=O)Cc1noc(CCC(=O)O)n1. The molecule has 0 aliphatic carbocycles. The highest BCUT2D eigenvalue weighted by Crippen LogP contribution is 2.20. The van der Waals surface area contributed by atoms with Gasteiger partial charge in [0.05, 0.1) is 11.3 Å². The summed E-state index contributed by atoms with van der Waals surface area (Å²) in [6.07, 6.45) is 0.534. The molecule has 0 atom stereocenters. The van der Waals surface area contributed by atoms with Crippen molar-refractivity contribution in [1.82, 2.24) is 10.1 Å². The van der Waals surface area contributed by atoms with Gasteiger partial charge in [-0.2, -0.15) is 4.98 Å². The van der Waals surface area contributed by atoms with Crippen molar-refractivity contribution in [2.75, 3.05) is 0 Å². The Morgan fingerprint density at radius 2 is 2.05 bits per heavy atom. The molecule has 0 saturated carbocycles. The van der Waals surface area contributed by atoms with Crippen molar-refractivity contribution in [3.8, 4) is 0 Å². The molecule has 0 radical (unpaired) electrons. The van der Waals surface area contributed by atoms with Gasteiger partial charge in [-0.1, -0.05) is 30.3 Å². The largest absolute Gasteiger partial charge is 0.481 e. The molecule has 0 fully saturated rings. The van der Waals surface area contributed by atoms with Crippen LogP contribution in [0.3, 0.4) is 0 Å². The summed E-state index contributed by atoms with van der Waals surface area (Å²) in [7, 11) is -3.58. The fourth-order valence-electron chi connectivity index (χ4n) is 2.01. The minimum absolute atomic E-state index is 0.0336. The van der Waals surface area contributed by atoms with Gasteiger partial charge in [0.15, 0.2) is 15.7 Å². The molecule has 118 valence electrons. The average Bonchev–Trinajstić information content (AvgIpc) is 2.92. The van der Waals surface area contributed by atoms with E-state index in [4.69, 9.17) is 9.63 Å². The van der Waals surface area contributed by atoms with Gasteiger partial charge in [-0.05, 0) is 18.1 Å². The predicted octanol–water partition coefficient (Wildman–Crippen LogP) is 1.62. The van der Waals surface area contributed by atoms with Gasteiger partial charge in [0, 0.05) is 6.42 Å². The summed E-state index contributed by atoms with van der Waals surface area (Å²) in [5.41, 5.74) is 0.733. The Kier molecular flexibility index (Phi) is 4.92. The first-order valence-corrected chi connectivity index (χ1v) is 8.41. The van der Waals surface area contributed by atoms with Crippen molar-refractivity contribution >= 4 is 15.8 Å². The highest BCUT2D eigenvalue weighted by atomic mass is 32.2. The molecule has 7 nitrogen and oxygen atoms in total. The Morgan fingerprint density at radius 1 is 1.32 bits per heavy atom. The molecule has 1 aromatic heterocycles. The molecule has 0 unspecified atom stereocenters. The van der Waals surface area contributed by atoms with E-state index in [1.165, 1.54) is 0 Å². The minimum Gasteiger partial charge on any atom is -0.481 e. The zero-order valence-corrected chi connectivity index (χ0v) is 12.8. The van der Waals surface area contributed by atoms with Crippen LogP contribution >= 0.6 is 0 Å². The van der Waals surface area contributed by atoms with Crippen molar-refractivity contribution in [3.63, 3.8) is 0 Å². The minimum atomic E-state index is -3.58. The fraction of sp³-hybridized carbons (Fsp3) is 0.357. The van der Waals surface area contributed by atoms with E-state index in [2.05, 4.69) is 10.1 Å². The summed E-state index contributed by atoms with van der Waals surface area (Å²) in [4.78, 5) is 14.7. The number of aryl methyl sites for hydroxylation is 2. The van der Waals surface area contributed by atoms with Crippen LogP contribution in [-0.2, 0) is 33.2 Å². The number of aromatic nitrogens is 2. The summed E-state index contributed by atoms with van der Waals surface area (Å²) in [6, 6.07) is 6.78. The summed E-state index contributed by atoms with van der Waals surface area (Å²) in [5.74, 6) is -1.20. The van der Waals surface area contributed by atoms with Crippen LogP contribution in [0.5, 0.6) is 0 Å². The molecule has 2 aromatic rings. The van der Waals surface area contributed by atoms with E-state index in [0.29, 0.717) is 6.42 Å². The maximum absolute atomic E-state index is 12.4. The number of hydrogen-bond acceptors (Lipinski definition) is 6. The van der Waals surface area contributed by atoms with Crippen molar-refractivity contribution < 1.29 is 22.8 Å². The van der Waals surface area contributed by atoms with Gasteiger partial charge in [0.25, 0.3) is 0 Å². The highest BCUT2D eigenvalue weighted by Gasteiger charge is 2.21. The second-order valence-corrected chi connectivity index (χ2v) is 6.68. The second-order valence-electron chi connectivity index (χ2n) is 4.72. The number of hydrogen-bond donors (Lipinski definition) is 1. The Morgan fingerprint density at radius 3 is 2.73 bits per heavy atom. The number of carbonyl (C=O) groups is 1. The van der Waals surface area contributed by atoms with Crippen LogP contribution in [0, 0.1) is 0 Å². The van der Waals surface area contributed by atoms with Gasteiger partial charge in [0.2, 0.25) is 5.89 Å². The first-order chi connectivity index (χ1) is 10.4. The molecule has 1 N–H and O–H groups in total. The van der Waals surface area contributed by atoms with Crippen molar-refractivity contribution in [1.29, 1.82) is 0 Å². The van der Waals surface area contributed by atoms with E-state index < -0.39 is 15.8 Å². The quantitative estimate of drug-likeness (QED) is 0.824. The van der Waals surface area contributed by atoms with E-state index >= 15 is 0 Å². The van der Waals surface area contributed by atoms with Crippen LogP contribution < -0.4 is 0 Å². The molecule has 2 rings (SSSR count). The van der Waals surface area contributed by atoms with Gasteiger partial charge in [-0.15, -0.1) is 0 Å². The van der Waals surface area contributed by atoms with Crippen LogP contribution in [0.2, 0.25) is 0 Å². The number of aliphatic carboxylic acids is 1. The third-order valence-electron chi connectivity index (χ3n) is 3.07. The monoisotopic (exact) mass is 324 g/mol. The Balaban J connectivity index is 2.17. The fourth-order valence-corrected chi connectivity index (χ4v) is 3.52. The molecule has 0 bridgehead atoms. The molecule has 8 heteroatoms. The van der Waals surface area contributed by atoms with Crippen molar-refractivity contribution in [2.45, 2.75) is 36.8 Å². The van der Waals surface area contributed by atoms with Gasteiger partial charge in [0.1, 0.15) is 5.75 Å². The smallest absolute Gasteiger partial charge is 0.303 e. The summed E-state index contributed by atoms with van der Waals surface area (Å²) in [6.45, 7) is 1.88. The third kappa shape index (κ3) is 3.91. The predicted molar refractivity (Wildman–Crippen MR) is 77.0 cm³/mol. The lowest BCUT2D eigenvalue weighted by Gasteiger charge is -2.06. The first kappa shape index (κ1) is 16.2. The lowest BCUT2D eigenvalue weighted by Crippen LogP contribution is -2.09. The van der Waals surface area contributed by atoms with Crippen LogP contribution in [0.15, 0.2) is 33.7 Å². The number of carboxylic acids is 1. The van der Waals surface area contributed by atoms with Crippen molar-refractivity contribution in [2.24, 2.45) is 0 Å². The molecule has 0 spiro atoms. The van der Waals surface area contributed by atoms with Crippen LogP contribution in [0.25, 0.3) is 0 Å². The van der Waals surface area contributed by atoms with Gasteiger partial charge in [-0.25, -0.2) is 8.42 Å². The van der Waals surface area contributed by atoms with Crippen LogP contribution in [0.4, 0.5) is 0 Å². The summed E-state index contributed by atoms with van der Waals surface area (Å²) in [5, 5.41) is 12.2. The second kappa shape index (κ2) is 6.69. The molecular weight excluding hydrogens is 308 g/mol. The normalized spacial score (nSPS) is 11.5. The molecule has 22 heavy (non-hydrogen) atoms. The Bertz CT molecular complexity index is 767.